The van der Waals surface area contributed by atoms with Crippen LogP contribution >= 0.6 is 0 Å². The topological polar surface area (TPSA) is 23.5 Å². The lowest BCUT2D eigenvalue weighted by molar-refractivity contribution is 0.0325. The first-order valence-electron chi connectivity index (χ1n) is 4.67. The molecule has 0 aromatic rings. The fourth-order valence-corrected chi connectivity index (χ4v) is 3.31. The number of rotatable bonds is 0. The molecule has 0 aromatic carbocycles. The normalized spacial score (nSPS) is 61.1. The Kier molecular flexibility index (Phi) is 1.06. The van der Waals surface area contributed by atoms with Gasteiger partial charge in [0.1, 0.15) is 0 Å². The van der Waals surface area contributed by atoms with E-state index < -0.39 is 0 Å². The highest BCUT2D eigenvalue weighted by atomic mass is 16.3. The highest BCUT2D eigenvalue weighted by Gasteiger charge is 2.59. The van der Waals surface area contributed by atoms with Crippen molar-refractivity contribution in [1.29, 1.82) is 0 Å². The monoisotopic (exact) mass is 153 g/mol. The SMILES string of the molecule is CN1[C@@H]2CC(O)C[C@H]1[C@@H]1C[C@@H]12. The lowest BCUT2D eigenvalue weighted by Crippen LogP contribution is -2.45. The van der Waals surface area contributed by atoms with E-state index >= 15 is 0 Å². The van der Waals surface area contributed by atoms with Crippen molar-refractivity contribution in [3.63, 3.8) is 0 Å². The van der Waals surface area contributed by atoms with E-state index in [4.69, 9.17) is 0 Å². The van der Waals surface area contributed by atoms with Crippen LogP contribution < -0.4 is 0 Å². The second-order valence-electron chi connectivity index (χ2n) is 4.49. The molecule has 11 heavy (non-hydrogen) atoms. The first kappa shape index (κ1) is 6.44. The van der Waals surface area contributed by atoms with E-state index in [0.717, 1.165) is 36.8 Å². The van der Waals surface area contributed by atoms with Gasteiger partial charge in [-0.05, 0) is 38.1 Å². The van der Waals surface area contributed by atoms with Crippen molar-refractivity contribution in [2.24, 2.45) is 11.8 Å². The Hall–Kier alpha value is -0.0800. The molecule has 1 saturated carbocycles. The van der Waals surface area contributed by atoms with Crippen LogP contribution in [0.4, 0.5) is 0 Å². The minimum atomic E-state index is 0.00833. The van der Waals surface area contributed by atoms with Gasteiger partial charge in [0.25, 0.3) is 0 Å². The van der Waals surface area contributed by atoms with E-state index in [9.17, 15) is 5.11 Å². The zero-order valence-corrected chi connectivity index (χ0v) is 6.90. The van der Waals surface area contributed by atoms with Crippen LogP contribution in [0.5, 0.6) is 0 Å². The second-order valence-corrected chi connectivity index (χ2v) is 4.49. The summed E-state index contributed by atoms with van der Waals surface area (Å²) in [6.07, 6.45) is 3.53. The number of fused-ring (bicyclic) bond motifs is 5. The predicted molar refractivity (Wildman–Crippen MR) is 42.2 cm³/mol. The molecule has 2 aliphatic heterocycles. The largest absolute Gasteiger partial charge is 0.393 e. The van der Waals surface area contributed by atoms with Gasteiger partial charge in [-0.25, -0.2) is 0 Å². The fraction of sp³-hybridized carbons (Fsp3) is 1.00. The number of hydrogen-bond acceptors (Lipinski definition) is 2. The molecule has 0 radical (unpaired) electrons. The summed E-state index contributed by atoms with van der Waals surface area (Å²) >= 11 is 0. The molecule has 2 nitrogen and oxygen atoms in total. The Morgan fingerprint density at radius 2 is 1.64 bits per heavy atom. The first-order valence-corrected chi connectivity index (χ1v) is 4.67. The number of nitrogens with zero attached hydrogens (tertiary/aromatic N) is 1. The third-order valence-electron chi connectivity index (χ3n) is 3.95. The van der Waals surface area contributed by atoms with Gasteiger partial charge >= 0.3 is 0 Å². The van der Waals surface area contributed by atoms with Gasteiger partial charge in [-0.15, -0.1) is 0 Å². The Morgan fingerprint density at radius 1 is 1.09 bits per heavy atom. The van der Waals surface area contributed by atoms with Crippen LogP contribution in [0, 0.1) is 11.8 Å². The van der Waals surface area contributed by atoms with Gasteiger partial charge in [0.15, 0.2) is 0 Å². The summed E-state index contributed by atoms with van der Waals surface area (Å²) in [5, 5.41) is 9.52. The van der Waals surface area contributed by atoms with E-state index in [1.165, 1.54) is 6.42 Å². The molecule has 3 aliphatic rings. The molecule has 0 spiro atoms. The predicted octanol–water partition coefficient (Wildman–Crippen LogP) is 0.460. The second kappa shape index (κ2) is 1.80. The standard InChI is InChI=1S/C9H15NO/c1-10-8-2-5(11)3-9(10)7-4-6(7)8/h5-9,11H,2-4H2,1H3/t5?,6-,7+,8+,9-. The summed E-state index contributed by atoms with van der Waals surface area (Å²) in [7, 11) is 2.23. The molecule has 3 rings (SSSR count). The molecule has 2 heterocycles. The van der Waals surface area contributed by atoms with Gasteiger partial charge in [0.2, 0.25) is 0 Å². The molecule has 2 heteroatoms. The maximum atomic E-state index is 9.52. The summed E-state index contributed by atoms with van der Waals surface area (Å²) in [5.74, 6) is 1.92. The Balaban J connectivity index is 1.90. The van der Waals surface area contributed by atoms with Crippen molar-refractivity contribution in [3.8, 4) is 0 Å². The van der Waals surface area contributed by atoms with Crippen LogP contribution in [0.2, 0.25) is 0 Å². The van der Waals surface area contributed by atoms with Gasteiger partial charge in [-0.3, -0.25) is 4.90 Å². The van der Waals surface area contributed by atoms with Gasteiger partial charge in [-0.2, -0.15) is 0 Å². The molecular formula is C9H15NO. The average Bonchev–Trinajstić information content (AvgIpc) is 2.66. The molecule has 0 aromatic heterocycles. The fourth-order valence-electron chi connectivity index (χ4n) is 3.31. The summed E-state index contributed by atoms with van der Waals surface area (Å²) in [4.78, 5) is 2.51. The molecule has 0 amide bonds. The van der Waals surface area contributed by atoms with E-state index in [1.54, 1.807) is 0 Å². The Morgan fingerprint density at radius 3 is 2.18 bits per heavy atom. The molecule has 62 valence electrons. The minimum Gasteiger partial charge on any atom is -0.393 e. The summed E-state index contributed by atoms with van der Waals surface area (Å²) < 4.78 is 0. The maximum Gasteiger partial charge on any atom is 0.0570 e. The zero-order valence-electron chi connectivity index (χ0n) is 6.90. The van der Waals surface area contributed by atoms with Crippen LogP contribution in [0.3, 0.4) is 0 Å². The number of aliphatic hydroxyl groups is 1. The highest BCUT2D eigenvalue weighted by Crippen LogP contribution is 2.57. The van der Waals surface area contributed by atoms with Crippen molar-refractivity contribution in [1.82, 2.24) is 4.90 Å². The maximum absolute atomic E-state index is 9.52. The van der Waals surface area contributed by atoms with Crippen LogP contribution in [-0.4, -0.2) is 35.2 Å². The minimum absolute atomic E-state index is 0.00833. The van der Waals surface area contributed by atoms with Crippen molar-refractivity contribution in [2.45, 2.75) is 37.5 Å². The van der Waals surface area contributed by atoms with Gasteiger partial charge in [0, 0.05) is 12.1 Å². The zero-order chi connectivity index (χ0) is 7.59. The van der Waals surface area contributed by atoms with Gasteiger partial charge in [0.05, 0.1) is 6.10 Å². The highest BCUT2D eigenvalue weighted by molar-refractivity contribution is 5.12. The Bertz CT molecular complexity index is 176. The number of piperidine rings is 2. The summed E-state index contributed by atoms with van der Waals surface area (Å²) in [6, 6.07) is 1.46. The summed E-state index contributed by atoms with van der Waals surface area (Å²) in [6.45, 7) is 0. The van der Waals surface area contributed by atoms with Gasteiger partial charge < -0.3 is 5.11 Å². The lowest BCUT2D eigenvalue weighted by Gasteiger charge is -2.37. The van der Waals surface area contributed by atoms with Crippen molar-refractivity contribution >= 4 is 0 Å². The molecule has 1 aliphatic carbocycles. The lowest BCUT2D eigenvalue weighted by atomic mass is 9.96. The summed E-state index contributed by atoms with van der Waals surface area (Å²) in [5.41, 5.74) is 0. The molecule has 3 fully saturated rings. The van der Waals surface area contributed by atoms with Gasteiger partial charge in [-0.1, -0.05) is 0 Å². The third kappa shape index (κ3) is 0.695. The number of aliphatic hydroxyl groups excluding tert-OH is 1. The van der Waals surface area contributed by atoms with Crippen molar-refractivity contribution in [2.75, 3.05) is 7.05 Å². The average molecular weight is 153 g/mol. The van der Waals surface area contributed by atoms with Crippen LogP contribution in [-0.2, 0) is 0 Å². The molecule has 5 atom stereocenters. The van der Waals surface area contributed by atoms with Crippen LogP contribution in [0.25, 0.3) is 0 Å². The van der Waals surface area contributed by atoms with E-state index in [0.29, 0.717) is 0 Å². The molecule has 1 N–H and O–H groups in total. The quantitative estimate of drug-likeness (QED) is 0.546. The van der Waals surface area contributed by atoms with E-state index in [-0.39, 0.29) is 6.10 Å². The number of hydrogen-bond donors (Lipinski definition) is 1. The Labute approximate surface area is 67.2 Å². The smallest absolute Gasteiger partial charge is 0.0570 e. The molecular weight excluding hydrogens is 138 g/mol. The van der Waals surface area contributed by atoms with E-state index in [2.05, 4.69) is 11.9 Å². The van der Waals surface area contributed by atoms with Crippen LogP contribution in [0.1, 0.15) is 19.3 Å². The molecule has 1 unspecified atom stereocenters. The molecule has 2 bridgehead atoms. The van der Waals surface area contributed by atoms with Crippen LogP contribution in [0.15, 0.2) is 0 Å². The third-order valence-corrected chi connectivity index (χ3v) is 3.95. The van der Waals surface area contributed by atoms with Crippen molar-refractivity contribution in [3.05, 3.63) is 0 Å². The first-order chi connectivity index (χ1) is 5.27. The van der Waals surface area contributed by atoms with E-state index in [1.807, 2.05) is 0 Å². The van der Waals surface area contributed by atoms with Crippen molar-refractivity contribution < 1.29 is 5.11 Å². The molecule has 2 saturated heterocycles.